The molecule has 2 nitrogen and oxygen atoms in total. The minimum absolute atomic E-state index is 0.257. The molecule has 0 amide bonds. The molecule has 2 heteroatoms. The van der Waals surface area contributed by atoms with Crippen molar-refractivity contribution in [2.75, 3.05) is 4.90 Å². The van der Waals surface area contributed by atoms with Crippen molar-refractivity contribution in [1.29, 1.82) is 0 Å². The van der Waals surface area contributed by atoms with Crippen LogP contribution >= 0.6 is 0 Å². The van der Waals surface area contributed by atoms with Crippen LogP contribution in [0.3, 0.4) is 0 Å². The summed E-state index contributed by atoms with van der Waals surface area (Å²) in [6, 6.07) is 38.4. The van der Waals surface area contributed by atoms with E-state index in [1.54, 1.807) is 16.7 Å². The number of para-hydroxylation sites is 3. The van der Waals surface area contributed by atoms with Crippen molar-refractivity contribution in [1.82, 2.24) is 4.57 Å². The molecule has 1 aliphatic heterocycles. The second-order valence-electron chi connectivity index (χ2n) is 16.1. The van der Waals surface area contributed by atoms with Gasteiger partial charge in [-0.25, -0.2) is 0 Å². The van der Waals surface area contributed by atoms with Crippen LogP contribution in [0.25, 0.3) is 34.8 Å². The smallest absolute Gasteiger partial charge is 0.0629 e. The van der Waals surface area contributed by atoms with Gasteiger partial charge in [0, 0.05) is 56.7 Å². The van der Waals surface area contributed by atoms with E-state index in [4.69, 9.17) is 0 Å². The maximum Gasteiger partial charge on any atom is 0.0629 e. The lowest BCUT2D eigenvalue weighted by molar-refractivity contribution is 0.518. The van der Waals surface area contributed by atoms with Crippen molar-refractivity contribution in [3.8, 4) is 5.69 Å². The van der Waals surface area contributed by atoms with Gasteiger partial charge in [0.05, 0.1) is 11.6 Å². The van der Waals surface area contributed by atoms with Gasteiger partial charge in [-0.05, 0) is 101 Å². The summed E-state index contributed by atoms with van der Waals surface area (Å²) in [5.74, 6) is 1.46. The molecule has 2 heterocycles. The molecule has 0 N–H and O–H groups in total. The second kappa shape index (κ2) is 11.8. The molecule has 5 aromatic rings. The van der Waals surface area contributed by atoms with Gasteiger partial charge in [0.2, 0.25) is 0 Å². The molecule has 0 saturated carbocycles. The summed E-state index contributed by atoms with van der Waals surface area (Å²) >= 11 is 0. The van der Waals surface area contributed by atoms with Crippen LogP contribution in [0.4, 0.5) is 5.69 Å². The van der Waals surface area contributed by atoms with Crippen LogP contribution in [0.1, 0.15) is 60.6 Å². The number of benzene rings is 4. The third-order valence-corrected chi connectivity index (χ3v) is 13.5. The zero-order valence-electron chi connectivity index (χ0n) is 30.4. The molecule has 0 bridgehead atoms. The van der Waals surface area contributed by atoms with Crippen LogP contribution in [0.15, 0.2) is 179 Å². The lowest BCUT2D eigenvalue weighted by Crippen LogP contribution is -2.38. The van der Waals surface area contributed by atoms with E-state index in [2.05, 4.69) is 173 Å². The molecule has 5 atom stereocenters. The van der Waals surface area contributed by atoms with Gasteiger partial charge < -0.3 is 9.47 Å². The van der Waals surface area contributed by atoms with Gasteiger partial charge in [-0.3, -0.25) is 0 Å². The quantitative estimate of drug-likeness (QED) is 0.183. The number of allylic oxidation sites excluding steroid dienone is 10. The van der Waals surface area contributed by atoms with E-state index in [1.807, 2.05) is 0 Å². The van der Waals surface area contributed by atoms with E-state index < -0.39 is 0 Å². The summed E-state index contributed by atoms with van der Waals surface area (Å²) in [4.78, 5) is 2.75. The second-order valence-corrected chi connectivity index (χ2v) is 16.1. The fourth-order valence-electron chi connectivity index (χ4n) is 11.2. The summed E-state index contributed by atoms with van der Waals surface area (Å²) < 4.78 is 2.45. The monoisotopic (exact) mass is 694 g/mol. The molecule has 6 aliphatic carbocycles. The molecular weight excluding hydrogens is 653 g/mol. The van der Waals surface area contributed by atoms with Gasteiger partial charge >= 0.3 is 0 Å². The SMILES string of the molecule is C1=CC2=C(CC1)C1C(=C(N3c4ccccc4C4C=C(C5C=c6c(n(-c7ccccc7)c7ccccc67)=CC5)C=CC43)C=C3C=Cc4ccccc4C31)CC2. The van der Waals surface area contributed by atoms with Crippen molar-refractivity contribution in [3.05, 3.63) is 206 Å². The Morgan fingerprint density at radius 3 is 2.41 bits per heavy atom. The molecule has 54 heavy (non-hydrogen) atoms. The number of nitrogens with zero attached hydrogens (tertiary/aromatic N) is 2. The molecule has 1 aromatic heterocycles. The first-order valence-electron chi connectivity index (χ1n) is 20.1. The first-order valence-corrected chi connectivity index (χ1v) is 20.1. The fraction of sp³-hybridized carbons (Fsp3) is 0.192. The van der Waals surface area contributed by atoms with Crippen LogP contribution < -0.4 is 15.5 Å². The molecule has 0 radical (unpaired) electrons. The maximum absolute atomic E-state index is 2.75. The normalized spacial score (nSPS) is 25.7. The van der Waals surface area contributed by atoms with Crippen molar-refractivity contribution in [2.45, 2.75) is 50.0 Å². The van der Waals surface area contributed by atoms with Gasteiger partial charge in [0.15, 0.2) is 0 Å². The largest absolute Gasteiger partial charge is 0.333 e. The summed E-state index contributed by atoms with van der Waals surface area (Å²) in [5, 5.41) is 4.01. The summed E-state index contributed by atoms with van der Waals surface area (Å²) in [7, 11) is 0. The van der Waals surface area contributed by atoms with Crippen molar-refractivity contribution >= 4 is 34.8 Å². The van der Waals surface area contributed by atoms with E-state index in [-0.39, 0.29) is 6.04 Å². The van der Waals surface area contributed by atoms with E-state index >= 15 is 0 Å². The lowest BCUT2D eigenvalue weighted by atomic mass is 9.61. The Balaban J connectivity index is 0.969. The first-order chi connectivity index (χ1) is 26.8. The third kappa shape index (κ3) is 4.40. The van der Waals surface area contributed by atoms with Gasteiger partial charge in [0.25, 0.3) is 0 Å². The number of fused-ring (bicyclic) bond motifs is 12. The number of rotatable bonds is 3. The highest BCUT2D eigenvalue weighted by Crippen LogP contribution is 2.57. The number of hydrogen-bond donors (Lipinski definition) is 0. The van der Waals surface area contributed by atoms with Gasteiger partial charge in [-0.2, -0.15) is 0 Å². The van der Waals surface area contributed by atoms with Gasteiger partial charge in [-0.1, -0.05) is 139 Å². The zero-order valence-corrected chi connectivity index (χ0v) is 30.4. The van der Waals surface area contributed by atoms with Gasteiger partial charge in [-0.15, -0.1) is 0 Å². The summed E-state index contributed by atoms with van der Waals surface area (Å²) in [6.07, 6.45) is 30.6. The standard InChI is InChI=1S/C52H42N2/c1-2-14-38(15-3-1)53-46-20-10-8-18-41(46)44-30-35(25-28-48(44)53)36-26-29-49-45(31-36)42-19-9-11-21-47(42)54(49)50-32-37-23-22-33-12-4-6-16-39(33)51(37)52-40-17-7-5-13-34(40)24-27-43(50)52/h1-6,8-16,18-23,26,28-32,35,45,49,51-52H,7,17,24-25,27H2. The Morgan fingerprint density at radius 2 is 1.46 bits per heavy atom. The van der Waals surface area contributed by atoms with Crippen molar-refractivity contribution < 1.29 is 0 Å². The predicted octanol–water partition coefficient (Wildman–Crippen LogP) is 10.7. The van der Waals surface area contributed by atoms with E-state index in [0.717, 1.165) is 25.7 Å². The Kier molecular flexibility index (Phi) is 6.70. The highest BCUT2D eigenvalue weighted by atomic mass is 15.2. The van der Waals surface area contributed by atoms with Crippen molar-refractivity contribution in [3.63, 3.8) is 0 Å². The number of hydrogen-bond acceptors (Lipinski definition) is 1. The van der Waals surface area contributed by atoms with E-state index in [9.17, 15) is 0 Å². The van der Waals surface area contributed by atoms with E-state index in [0.29, 0.717) is 23.7 Å². The molecule has 0 spiro atoms. The molecule has 260 valence electrons. The molecule has 7 aliphatic rings. The minimum atomic E-state index is 0.257. The predicted molar refractivity (Wildman–Crippen MR) is 224 cm³/mol. The Morgan fingerprint density at radius 1 is 0.630 bits per heavy atom. The average molecular weight is 695 g/mol. The zero-order chi connectivity index (χ0) is 35.3. The van der Waals surface area contributed by atoms with Crippen LogP contribution in [0, 0.1) is 11.8 Å². The lowest BCUT2D eigenvalue weighted by Gasteiger charge is -2.45. The highest BCUT2D eigenvalue weighted by molar-refractivity contribution is 5.85. The van der Waals surface area contributed by atoms with Crippen molar-refractivity contribution in [2.24, 2.45) is 11.8 Å². The molecule has 5 unspecified atom stereocenters. The maximum atomic E-state index is 2.75. The Hall–Kier alpha value is -5.86. The minimum Gasteiger partial charge on any atom is -0.333 e. The van der Waals surface area contributed by atoms with Gasteiger partial charge in [0.1, 0.15) is 0 Å². The van der Waals surface area contributed by atoms with Crippen LogP contribution in [-0.2, 0) is 0 Å². The summed E-state index contributed by atoms with van der Waals surface area (Å²) in [5.41, 5.74) is 17.5. The van der Waals surface area contributed by atoms with Crippen LogP contribution in [0.5, 0.6) is 0 Å². The van der Waals surface area contributed by atoms with E-state index in [1.165, 1.54) is 72.8 Å². The molecule has 0 fully saturated rings. The highest BCUT2D eigenvalue weighted by Gasteiger charge is 2.45. The first kappa shape index (κ1) is 30.6. The summed E-state index contributed by atoms with van der Waals surface area (Å²) in [6.45, 7) is 0. The fourth-order valence-corrected chi connectivity index (χ4v) is 11.2. The van der Waals surface area contributed by atoms with Crippen LogP contribution in [0.2, 0.25) is 0 Å². The number of aromatic nitrogens is 1. The average Bonchev–Trinajstić information content (AvgIpc) is 3.75. The Bertz CT molecular complexity index is 2770. The molecule has 0 saturated heterocycles. The molecular formula is C52H42N2. The molecule has 4 aromatic carbocycles. The third-order valence-electron chi connectivity index (χ3n) is 13.5. The Labute approximate surface area is 317 Å². The number of anilines is 1. The topological polar surface area (TPSA) is 8.17 Å². The van der Waals surface area contributed by atoms with Crippen LogP contribution in [-0.4, -0.2) is 10.6 Å². The molecule has 12 rings (SSSR count).